The van der Waals surface area contributed by atoms with Gasteiger partial charge in [0.15, 0.2) is 5.13 Å². The van der Waals surface area contributed by atoms with Crippen LogP contribution in [0.15, 0.2) is 36.7 Å². The van der Waals surface area contributed by atoms with Crippen molar-refractivity contribution in [3.05, 3.63) is 42.4 Å². The first-order valence-electron chi connectivity index (χ1n) is 8.30. The molecule has 0 N–H and O–H groups in total. The van der Waals surface area contributed by atoms with Crippen molar-refractivity contribution in [1.29, 1.82) is 0 Å². The molecule has 0 aromatic carbocycles. The molecule has 1 aliphatic heterocycles. The predicted molar refractivity (Wildman–Crippen MR) is 96.8 cm³/mol. The standard InChI is InChI=1S/C18H20N4OS/c1-13-4-2-6-17(20-13)23-12-14-5-3-9-22(11-14)18-21-15-10-19-8-7-16(15)24-18/h2,4,6-8,10,14H,3,5,9,11-12H2,1H3. The molecule has 0 saturated carbocycles. The van der Waals surface area contributed by atoms with Crippen molar-refractivity contribution in [2.45, 2.75) is 19.8 Å². The normalized spacial score (nSPS) is 18.0. The van der Waals surface area contributed by atoms with Gasteiger partial charge in [-0.3, -0.25) is 4.98 Å². The molecule has 6 heteroatoms. The summed E-state index contributed by atoms with van der Waals surface area (Å²) in [5.41, 5.74) is 1.97. The Hall–Kier alpha value is -2.21. The Kier molecular flexibility index (Phi) is 4.30. The van der Waals surface area contributed by atoms with E-state index in [-0.39, 0.29) is 0 Å². The summed E-state index contributed by atoms with van der Waals surface area (Å²) in [7, 11) is 0. The van der Waals surface area contributed by atoms with Crippen LogP contribution in [0.3, 0.4) is 0 Å². The number of fused-ring (bicyclic) bond motifs is 1. The number of piperidine rings is 1. The fourth-order valence-corrected chi connectivity index (χ4v) is 4.05. The molecule has 4 rings (SSSR count). The van der Waals surface area contributed by atoms with E-state index in [4.69, 9.17) is 9.72 Å². The maximum Gasteiger partial charge on any atom is 0.213 e. The van der Waals surface area contributed by atoms with E-state index < -0.39 is 0 Å². The Labute approximate surface area is 145 Å². The number of hydrogen-bond acceptors (Lipinski definition) is 6. The van der Waals surface area contributed by atoms with Gasteiger partial charge in [0.25, 0.3) is 0 Å². The Balaban J connectivity index is 1.41. The van der Waals surface area contributed by atoms with E-state index in [1.165, 1.54) is 17.5 Å². The van der Waals surface area contributed by atoms with Crippen LogP contribution in [0.25, 0.3) is 10.2 Å². The fraction of sp³-hybridized carbons (Fsp3) is 0.389. The number of ether oxygens (including phenoxy) is 1. The average molecular weight is 340 g/mol. The lowest BCUT2D eigenvalue weighted by molar-refractivity contribution is 0.221. The Bertz CT molecular complexity index is 802. The zero-order valence-electron chi connectivity index (χ0n) is 13.7. The Morgan fingerprint density at radius 3 is 3.12 bits per heavy atom. The summed E-state index contributed by atoms with van der Waals surface area (Å²) in [5, 5.41) is 1.09. The van der Waals surface area contributed by atoms with Gasteiger partial charge in [-0.15, -0.1) is 0 Å². The van der Waals surface area contributed by atoms with Crippen molar-refractivity contribution in [2.75, 3.05) is 24.6 Å². The maximum absolute atomic E-state index is 5.90. The monoisotopic (exact) mass is 340 g/mol. The molecule has 1 saturated heterocycles. The molecule has 3 aromatic rings. The first-order chi connectivity index (χ1) is 11.8. The minimum absolute atomic E-state index is 0.506. The number of hydrogen-bond donors (Lipinski definition) is 0. The summed E-state index contributed by atoms with van der Waals surface area (Å²) in [4.78, 5) is 15.7. The van der Waals surface area contributed by atoms with E-state index >= 15 is 0 Å². The highest BCUT2D eigenvalue weighted by Crippen LogP contribution is 2.31. The molecule has 0 amide bonds. The van der Waals surface area contributed by atoms with Crippen molar-refractivity contribution in [1.82, 2.24) is 15.0 Å². The first-order valence-corrected chi connectivity index (χ1v) is 9.11. The molecule has 0 bridgehead atoms. The van der Waals surface area contributed by atoms with E-state index in [1.807, 2.05) is 43.6 Å². The highest BCUT2D eigenvalue weighted by Gasteiger charge is 2.23. The third-order valence-corrected chi connectivity index (χ3v) is 5.39. The SMILES string of the molecule is Cc1cccc(OCC2CCCN(c3nc4cnccc4s3)C2)n1. The second-order valence-corrected chi connectivity index (χ2v) is 7.23. The van der Waals surface area contributed by atoms with E-state index in [0.717, 1.165) is 35.3 Å². The minimum Gasteiger partial charge on any atom is -0.477 e. The van der Waals surface area contributed by atoms with Crippen LogP contribution in [0.4, 0.5) is 5.13 Å². The molecule has 1 fully saturated rings. The molecular weight excluding hydrogens is 320 g/mol. The van der Waals surface area contributed by atoms with Gasteiger partial charge in [-0.05, 0) is 31.9 Å². The van der Waals surface area contributed by atoms with Crippen LogP contribution < -0.4 is 9.64 Å². The Morgan fingerprint density at radius 2 is 2.25 bits per heavy atom. The highest BCUT2D eigenvalue weighted by molar-refractivity contribution is 7.22. The van der Waals surface area contributed by atoms with Crippen molar-refractivity contribution < 1.29 is 4.74 Å². The number of aromatic nitrogens is 3. The number of aryl methyl sites for hydroxylation is 1. The second kappa shape index (κ2) is 6.73. The summed E-state index contributed by atoms with van der Waals surface area (Å²) in [6.07, 6.45) is 6.02. The largest absolute Gasteiger partial charge is 0.477 e. The van der Waals surface area contributed by atoms with Gasteiger partial charge in [0.1, 0.15) is 5.52 Å². The topological polar surface area (TPSA) is 51.1 Å². The van der Waals surface area contributed by atoms with Gasteiger partial charge in [0.2, 0.25) is 5.88 Å². The predicted octanol–water partition coefficient (Wildman–Crippen LogP) is 3.69. The van der Waals surface area contributed by atoms with Gasteiger partial charge in [-0.1, -0.05) is 17.4 Å². The van der Waals surface area contributed by atoms with Crippen molar-refractivity contribution in [3.8, 4) is 5.88 Å². The summed E-state index contributed by atoms with van der Waals surface area (Å²) in [6.45, 7) is 4.74. The lowest BCUT2D eigenvalue weighted by atomic mass is 9.99. The Morgan fingerprint density at radius 1 is 1.29 bits per heavy atom. The molecule has 1 unspecified atom stereocenters. The number of thiazole rings is 1. The van der Waals surface area contributed by atoms with Crippen LogP contribution >= 0.6 is 11.3 Å². The maximum atomic E-state index is 5.90. The highest BCUT2D eigenvalue weighted by atomic mass is 32.1. The summed E-state index contributed by atoms with van der Waals surface area (Å²) in [6, 6.07) is 7.93. The van der Waals surface area contributed by atoms with E-state index in [1.54, 1.807) is 11.3 Å². The van der Waals surface area contributed by atoms with E-state index in [0.29, 0.717) is 12.5 Å². The number of pyridine rings is 2. The molecule has 0 aliphatic carbocycles. The quantitative estimate of drug-likeness (QED) is 0.725. The molecule has 4 heterocycles. The average Bonchev–Trinajstić information content (AvgIpc) is 3.05. The number of rotatable bonds is 4. The van der Waals surface area contributed by atoms with Gasteiger partial charge in [-0.2, -0.15) is 0 Å². The van der Waals surface area contributed by atoms with Crippen molar-refractivity contribution >= 4 is 26.7 Å². The third kappa shape index (κ3) is 3.33. The lowest BCUT2D eigenvalue weighted by Gasteiger charge is -2.32. The summed E-state index contributed by atoms with van der Waals surface area (Å²) < 4.78 is 7.10. The van der Waals surface area contributed by atoms with Gasteiger partial charge >= 0.3 is 0 Å². The van der Waals surface area contributed by atoms with Gasteiger partial charge in [-0.25, -0.2) is 9.97 Å². The molecule has 0 spiro atoms. The molecule has 1 atom stereocenters. The summed E-state index contributed by atoms with van der Waals surface area (Å²) >= 11 is 1.74. The lowest BCUT2D eigenvalue weighted by Crippen LogP contribution is -2.37. The van der Waals surface area contributed by atoms with E-state index in [9.17, 15) is 0 Å². The molecule has 1 aliphatic rings. The zero-order chi connectivity index (χ0) is 16.4. The smallest absolute Gasteiger partial charge is 0.213 e. The summed E-state index contributed by atoms with van der Waals surface area (Å²) in [5.74, 6) is 1.23. The van der Waals surface area contributed by atoms with Crippen LogP contribution in [0, 0.1) is 12.8 Å². The molecule has 24 heavy (non-hydrogen) atoms. The molecule has 124 valence electrons. The third-order valence-electron chi connectivity index (χ3n) is 4.30. The van der Waals surface area contributed by atoms with E-state index in [2.05, 4.69) is 14.9 Å². The fourth-order valence-electron chi connectivity index (χ4n) is 3.08. The van der Waals surface area contributed by atoms with Gasteiger partial charge in [0, 0.05) is 37.0 Å². The number of anilines is 1. The van der Waals surface area contributed by atoms with Crippen LogP contribution in [-0.2, 0) is 0 Å². The van der Waals surface area contributed by atoms with Crippen molar-refractivity contribution in [3.63, 3.8) is 0 Å². The minimum atomic E-state index is 0.506. The van der Waals surface area contributed by atoms with Crippen LogP contribution in [0.1, 0.15) is 18.5 Å². The van der Waals surface area contributed by atoms with Gasteiger partial charge < -0.3 is 9.64 Å². The first kappa shape index (κ1) is 15.3. The zero-order valence-corrected chi connectivity index (χ0v) is 14.5. The molecular formula is C18H20N4OS. The van der Waals surface area contributed by atoms with Crippen LogP contribution in [0.5, 0.6) is 5.88 Å². The van der Waals surface area contributed by atoms with Crippen molar-refractivity contribution in [2.24, 2.45) is 5.92 Å². The molecule has 3 aromatic heterocycles. The number of nitrogens with zero attached hydrogens (tertiary/aromatic N) is 4. The second-order valence-electron chi connectivity index (χ2n) is 6.22. The van der Waals surface area contributed by atoms with Crippen LogP contribution in [0.2, 0.25) is 0 Å². The van der Waals surface area contributed by atoms with Crippen LogP contribution in [-0.4, -0.2) is 34.6 Å². The van der Waals surface area contributed by atoms with Gasteiger partial charge in [0.05, 0.1) is 17.5 Å². The molecule has 5 nitrogen and oxygen atoms in total. The molecule has 0 radical (unpaired) electrons.